The lowest BCUT2D eigenvalue weighted by atomic mass is 10.1. The summed E-state index contributed by atoms with van der Waals surface area (Å²) >= 11 is 5.90. The second kappa shape index (κ2) is 8.05. The molecule has 1 aromatic heterocycles. The van der Waals surface area contributed by atoms with E-state index in [0.717, 1.165) is 0 Å². The maximum Gasteiger partial charge on any atom is 0.374 e. The SMILES string of the molecule is CCC(=O)Nc1ccc(C(=O)COC(=O)c2cc3cc(Cl)ccc3o2)cc1. The first-order chi connectivity index (χ1) is 13.0. The quantitative estimate of drug-likeness (QED) is 0.499. The van der Waals surface area contributed by atoms with E-state index >= 15 is 0 Å². The molecule has 0 saturated carbocycles. The normalized spacial score (nSPS) is 10.6. The highest BCUT2D eigenvalue weighted by atomic mass is 35.5. The molecule has 0 unspecified atom stereocenters. The number of Topliss-reactive ketones (excluding diaryl/α,β-unsaturated/α-hetero) is 1. The Labute approximate surface area is 160 Å². The van der Waals surface area contributed by atoms with E-state index in [-0.39, 0.29) is 17.5 Å². The Morgan fingerprint density at radius 3 is 2.52 bits per heavy atom. The maximum atomic E-state index is 12.2. The van der Waals surface area contributed by atoms with Crippen LogP contribution in [0.25, 0.3) is 11.0 Å². The number of benzene rings is 2. The molecular weight excluding hydrogens is 370 g/mol. The molecule has 2 aromatic carbocycles. The van der Waals surface area contributed by atoms with Gasteiger partial charge >= 0.3 is 5.97 Å². The summed E-state index contributed by atoms with van der Waals surface area (Å²) in [4.78, 5) is 35.6. The number of carbonyl (C=O) groups excluding carboxylic acids is 3. The summed E-state index contributed by atoms with van der Waals surface area (Å²) in [6.07, 6.45) is 0.366. The van der Waals surface area contributed by atoms with Crippen LogP contribution in [0.4, 0.5) is 5.69 Å². The summed E-state index contributed by atoms with van der Waals surface area (Å²) in [5, 5.41) is 3.89. The standard InChI is InChI=1S/C20H16ClNO5/c1-2-19(24)22-15-6-3-12(4-7-15)16(23)11-26-20(25)18-10-13-9-14(21)5-8-17(13)27-18/h3-10H,2,11H2,1H3,(H,22,24). The number of hydrogen-bond acceptors (Lipinski definition) is 5. The highest BCUT2D eigenvalue weighted by molar-refractivity contribution is 6.31. The zero-order valence-electron chi connectivity index (χ0n) is 14.5. The molecule has 0 bridgehead atoms. The van der Waals surface area contributed by atoms with Gasteiger partial charge in [0.1, 0.15) is 5.58 Å². The molecule has 3 rings (SSSR count). The Morgan fingerprint density at radius 1 is 1.07 bits per heavy atom. The van der Waals surface area contributed by atoms with Gasteiger partial charge in [-0.2, -0.15) is 0 Å². The molecule has 3 aromatic rings. The Hall–Kier alpha value is -3.12. The van der Waals surface area contributed by atoms with Gasteiger partial charge in [-0.15, -0.1) is 0 Å². The van der Waals surface area contributed by atoms with Gasteiger partial charge in [0, 0.05) is 28.1 Å². The summed E-state index contributed by atoms with van der Waals surface area (Å²) < 4.78 is 10.4. The van der Waals surface area contributed by atoms with Gasteiger partial charge < -0.3 is 14.5 Å². The molecule has 1 N–H and O–H groups in total. The van der Waals surface area contributed by atoms with Crippen LogP contribution in [-0.2, 0) is 9.53 Å². The van der Waals surface area contributed by atoms with Crippen molar-refractivity contribution in [1.82, 2.24) is 0 Å². The highest BCUT2D eigenvalue weighted by Crippen LogP contribution is 2.23. The van der Waals surface area contributed by atoms with Crippen molar-refractivity contribution in [2.24, 2.45) is 0 Å². The molecule has 0 atom stereocenters. The predicted molar refractivity (Wildman–Crippen MR) is 101 cm³/mol. The summed E-state index contributed by atoms with van der Waals surface area (Å²) in [5.41, 5.74) is 1.47. The van der Waals surface area contributed by atoms with E-state index in [4.69, 9.17) is 20.8 Å². The van der Waals surface area contributed by atoms with E-state index in [1.54, 1.807) is 49.4 Å². The first-order valence-electron chi connectivity index (χ1n) is 8.25. The summed E-state index contributed by atoms with van der Waals surface area (Å²) in [5.74, 6) is -1.22. The fourth-order valence-electron chi connectivity index (χ4n) is 2.39. The molecule has 0 spiro atoms. The van der Waals surface area contributed by atoms with Crippen LogP contribution in [0, 0.1) is 0 Å². The molecule has 6 nitrogen and oxygen atoms in total. The number of fused-ring (bicyclic) bond motifs is 1. The minimum Gasteiger partial charge on any atom is -0.451 e. The van der Waals surface area contributed by atoms with Gasteiger partial charge in [0.2, 0.25) is 11.7 Å². The largest absolute Gasteiger partial charge is 0.451 e. The number of anilines is 1. The van der Waals surface area contributed by atoms with Crippen molar-refractivity contribution < 1.29 is 23.5 Å². The predicted octanol–water partition coefficient (Wildman–Crippen LogP) is 4.47. The topological polar surface area (TPSA) is 85.6 Å². The molecule has 1 heterocycles. The zero-order chi connectivity index (χ0) is 19.4. The number of rotatable bonds is 6. The zero-order valence-corrected chi connectivity index (χ0v) is 15.2. The number of hydrogen-bond donors (Lipinski definition) is 1. The fourth-order valence-corrected chi connectivity index (χ4v) is 2.57. The van der Waals surface area contributed by atoms with E-state index in [0.29, 0.717) is 33.7 Å². The van der Waals surface area contributed by atoms with Crippen LogP contribution in [0.3, 0.4) is 0 Å². The molecule has 0 radical (unpaired) electrons. The van der Waals surface area contributed by atoms with Crippen molar-refractivity contribution in [1.29, 1.82) is 0 Å². The molecule has 0 aliphatic rings. The Morgan fingerprint density at radius 2 is 1.81 bits per heavy atom. The highest BCUT2D eigenvalue weighted by Gasteiger charge is 2.16. The van der Waals surface area contributed by atoms with Gasteiger partial charge in [-0.25, -0.2) is 4.79 Å². The van der Waals surface area contributed by atoms with E-state index in [1.807, 2.05) is 0 Å². The van der Waals surface area contributed by atoms with Gasteiger partial charge in [-0.3, -0.25) is 9.59 Å². The van der Waals surface area contributed by atoms with Crippen molar-refractivity contribution in [2.75, 3.05) is 11.9 Å². The third-order valence-corrected chi connectivity index (χ3v) is 4.06. The number of halogens is 1. The van der Waals surface area contributed by atoms with Crippen molar-refractivity contribution in [3.05, 3.63) is 64.9 Å². The maximum absolute atomic E-state index is 12.2. The number of ether oxygens (including phenoxy) is 1. The van der Waals surface area contributed by atoms with Gasteiger partial charge in [-0.05, 0) is 48.5 Å². The average Bonchev–Trinajstić information content (AvgIpc) is 3.09. The first-order valence-corrected chi connectivity index (χ1v) is 8.63. The van der Waals surface area contributed by atoms with Gasteiger partial charge in [0.25, 0.3) is 0 Å². The minimum atomic E-state index is -0.734. The molecule has 27 heavy (non-hydrogen) atoms. The molecule has 0 fully saturated rings. The third kappa shape index (κ3) is 4.54. The van der Waals surface area contributed by atoms with Crippen LogP contribution in [0.15, 0.2) is 52.9 Å². The summed E-state index contributed by atoms with van der Waals surface area (Å²) in [6.45, 7) is 1.33. The molecule has 7 heteroatoms. The number of carbonyl (C=O) groups is 3. The van der Waals surface area contributed by atoms with Crippen LogP contribution in [0.2, 0.25) is 5.02 Å². The second-order valence-corrected chi connectivity index (χ2v) is 6.21. The van der Waals surface area contributed by atoms with Gasteiger partial charge in [0.15, 0.2) is 12.4 Å². The molecule has 0 aliphatic heterocycles. The minimum absolute atomic E-state index is 0.00214. The molecular formula is C20H16ClNO5. The second-order valence-electron chi connectivity index (χ2n) is 5.77. The lowest BCUT2D eigenvalue weighted by molar-refractivity contribution is -0.115. The van der Waals surface area contributed by atoms with Crippen molar-refractivity contribution in [3.63, 3.8) is 0 Å². The Bertz CT molecular complexity index is 1010. The van der Waals surface area contributed by atoms with Crippen LogP contribution in [0.5, 0.6) is 0 Å². The fraction of sp³-hybridized carbons (Fsp3) is 0.150. The van der Waals surface area contributed by atoms with Crippen LogP contribution >= 0.6 is 11.6 Å². The monoisotopic (exact) mass is 385 g/mol. The smallest absolute Gasteiger partial charge is 0.374 e. The number of amides is 1. The van der Waals surface area contributed by atoms with Crippen molar-refractivity contribution in [2.45, 2.75) is 13.3 Å². The van der Waals surface area contributed by atoms with E-state index in [2.05, 4.69) is 5.32 Å². The first kappa shape index (κ1) is 18.7. The Kier molecular flexibility index (Phi) is 5.57. The van der Waals surface area contributed by atoms with E-state index in [9.17, 15) is 14.4 Å². The average molecular weight is 386 g/mol. The number of esters is 1. The molecule has 1 amide bonds. The summed E-state index contributed by atoms with van der Waals surface area (Å²) in [7, 11) is 0. The Balaban J connectivity index is 1.60. The number of nitrogens with one attached hydrogen (secondary N) is 1. The van der Waals surface area contributed by atoms with Gasteiger partial charge in [-0.1, -0.05) is 18.5 Å². The van der Waals surface area contributed by atoms with Crippen molar-refractivity contribution in [3.8, 4) is 0 Å². The summed E-state index contributed by atoms with van der Waals surface area (Å²) in [6, 6.07) is 12.8. The van der Waals surface area contributed by atoms with E-state index < -0.39 is 12.6 Å². The van der Waals surface area contributed by atoms with Gasteiger partial charge in [0.05, 0.1) is 0 Å². The molecule has 0 aliphatic carbocycles. The van der Waals surface area contributed by atoms with Crippen LogP contribution in [0.1, 0.15) is 34.3 Å². The number of ketones is 1. The van der Waals surface area contributed by atoms with Crippen LogP contribution < -0.4 is 5.32 Å². The lowest BCUT2D eigenvalue weighted by Gasteiger charge is -2.05. The van der Waals surface area contributed by atoms with E-state index in [1.165, 1.54) is 6.07 Å². The molecule has 0 saturated heterocycles. The lowest BCUT2D eigenvalue weighted by Crippen LogP contribution is -2.14. The van der Waals surface area contributed by atoms with Crippen molar-refractivity contribution >= 4 is 45.9 Å². The van der Waals surface area contributed by atoms with Crippen LogP contribution in [-0.4, -0.2) is 24.3 Å². The molecule has 138 valence electrons. The number of furan rings is 1. The third-order valence-electron chi connectivity index (χ3n) is 3.83.